The molecule has 0 radical (unpaired) electrons. The van der Waals surface area contributed by atoms with Gasteiger partial charge in [-0.15, -0.1) is 0 Å². The lowest BCUT2D eigenvalue weighted by Crippen LogP contribution is -2.28. The van der Waals surface area contributed by atoms with Gasteiger partial charge < -0.3 is 15.2 Å². The molecule has 0 aliphatic heterocycles. The van der Waals surface area contributed by atoms with E-state index in [4.69, 9.17) is 15.2 Å². The molecule has 0 amide bonds. The normalized spacial score (nSPS) is 10.1. The molecule has 0 saturated heterocycles. The SMILES string of the molecule is OCCn1cc(B(O)O)cn1. The van der Waals surface area contributed by atoms with Crippen molar-refractivity contribution in [3.05, 3.63) is 12.4 Å². The fourth-order valence-corrected chi connectivity index (χ4v) is 0.738. The highest BCUT2D eigenvalue weighted by molar-refractivity contribution is 6.58. The second-order valence-electron chi connectivity index (χ2n) is 2.13. The molecule has 1 aromatic rings. The molecule has 0 unspecified atom stereocenters. The van der Waals surface area contributed by atoms with Crippen molar-refractivity contribution in [1.82, 2.24) is 9.78 Å². The van der Waals surface area contributed by atoms with Gasteiger partial charge in [0.25, 0.3) is 0 Å². The molecule has 1 aromatic heterocycles. The van der Waals surface area contributed by atoms with E-state index in [1.54, 1.807) is 0 Å². The zero-order valence-corrected chi connectivity index (χ0v) is 5.88. The Morgan fingerprint density at radius 1 is 1.55 bits per heavy atom. The third-order valence-electron chi connectivity index (χ3n) is 1.28. The van der Waals surface area contributed by atoms with Gasteiger partial charge in [-0.3, -0.25) is 4.68 Å². The number of rotatable bonds is 3. The van der Waals surface area contributed by atoms with Crippen LogP contribution in [0, 0.1) is 0 Å². The molecule has 0 atom stereocenters. The maximum Gasteiger partial charge on any atom is 0.491 e. The molecule has 0 saturated carbocycles. The first-order valence-corrected chi connectivity index (χ1v) is 3.23. The number of aromatic nitrogens is 2. The van der Waals surface area contributed by atoms with Crippen LogP contribution < -0.4 is 5.46 Å². The summed E-state index contributed by atoms with van der Waals surface area (Å²) in [7, 11) is -1.48. The number of hydrogen-bond acceptors (Lipinski definition) is 4. The zero-order chi connectivity index (χ0) is 8.27. The van der Waals surface area contributed by atoms with E-state index in [0.717, 1.165) is 0 Å². The summed E-state index contributed by atoms with van der Waals surface area (Å²) in [5.41, 5.74) is 0.332. The van der Waals surface area contributed by atoms with Gasteiger partial charge in [-0.05, 0) is 0 Å². The summed E-state index contributed by atoms with van der Waals surface area (Å²) in [5.74, 6) is 0. The van der Waals surface area contributed by atoms with Crippen molar-refractivity contribution in [3.8, 4) is 0 Å². The minimum atomic E-state index is -1.48. The predicted molar refractivity (Wildman–Crippen MR) is 39.1 cm³/mol. The summed E-state index contributed by atoms with van der Waals surface area (Å²) in [5, 5.41) is 29.5. The van der Waals surface area contributed by atoms with Crippen LogP contribution in [0.4, 0.5) is 0 Å². The summed E-state index contributed by atoms with van der Waals surface area (Å²) >= 11 is 0. The Labute approximate surface area is 64.0 Å². The lowest BCUT2D eigenvalue weighted by molar-refractivity contribution is 0.269. The molecule has 0 aliphatic carbocycles. The smallest absolute Gasteiger partial charge is 0.423 e. The van der Waals surface area contributed by atoms with Crippen LogP contribution in [0.15, 0.2) is 12.4 Å². The van der Waals surface area contributed by atoms with Gasteiger partial charge in [0.05, 0.1) is 13.2 Å². The summed E-state index contributed by atoms with van der Waals surface area (Å²) in [6, 6.07) is 0. The van der Waals surface area contributed by atoms with Gasteiger partial charge in [0, 0.05) is 17.9 Å². The van der Waals surface area contributed by atoms with Gasteiger partial charge in [-0.25, -0.2) is 0 Å². The highest BCUT2D eigenvalue weighted by Crippen LogP contribution is 1.82. The number of aliphatic hydroxyl groups is 1. The van der Waals surface area contributed by atoms with Crippen molar-refractivity contribution in [1.29, 1.82) is 0 Å². The van der Waals surface area contributed by atoms with Crippen LogP contribution in [0.5, 0.6) is 0 Å². The largest absolute Gasteiger partial charge is 0.491 e. The van der Waals surface area contributed by atoms with E-state index >= 15 is 0 Å². The van der Waals surface area contributed by atoms with Gasteiger partial charge in [-0.2, -0.15) is 5.10 Å². The van der Waals surface area contributed by atoms with Gasteiger partial charge in [0.2, 0.25) is 0 Å². The maximum absolute atomic E-state index is 8.64. The molecule has 0 fully saturated rings. The second-order valence-corrected chi connectivity index (χ2v) is 2.13. The fourth-order valence-electron chi connectivity index (χ4n) is 0.738. The molecule has 6 heteroatoms. The highest BCUT2D eigenvalue weighted by atomic mass is 16.4. The van der Waals surface area contributed by atoms with Gasteiger partial charge in [-0.1, -0.05) is 0 Å². The monoisotopic (exact) mass is 156 g/mol. The van der Waals surface area contributed by atoms with E-state index in [1.165, 1.54) is 17.1 Å². The molecular formula is C5H9BN2O3. The van der Waals surface area contributed by atoms with Crippen LogP contribution >= 0.6 is 0 Å². The topological polar surface area (TPSA) is 78.5 Å². The predicted octanol–water partition coefficient (Wildman–Crippen LogP) is -2.44. The molecule has 11 heavy (non-hydrogen) atoms. The molecule has 0 bridgehead atoms. The minimum absolute atomic E-state index is 0.0113. The minimum Gasteiger partial charge on any atom is -0.423 e. The van der Waals surface area contributed by atoms with Crippen molar-refractivity contribution in [3.63, 3.8) is 0 Å². The molecule has 0 spiro atoms. The van der Waals surface area contributed by atoms with Crippen molar-refractivity contribution in [2.45, 2.75) is 6.54 Å². The Morgan fingerprint density at radius 3 is 2.73 bits per heavy atom. The summed E-state index contributed by atoms with van der Waals surface area (Å²) in [4.78, 5) is 0. The Bertz CT molecular complexity index is 225. The average Bonchev–Trinajstić information content (AvgIpc) is 2.37. The van der Waals surface area contributed by atoms with Gasteiger partial charge >= 0.3 is 7.12 Å². The first-order valence-electron chi connectivity index (χ1n) is 3.23. The number of hydrogen-bond donors (Lipinski definition) is 3. The Balaban J connectivity index is 2.66. The molecule has 0 aromatic carbocycles. The Kier molecular flexibility index (Phi) is 2.64. The molecule has 0 aliphatic rings. The van der Waals surface area contributed by atoms with Crippen molar-refractivity contribution in [2.75, 3.05) is 6.61 Å². The van der Waals surface area contributed by atoms with E-state index < -0.39 is 7.12 Å². The van der Waals surface area contributed by atoms with E-state index in [0.29, 0.717) is 12.0 Å². The zero-order valence-electron chi connectivity index (χ0n) is 5.88. The standard InChI is InChI=1S/C5H9BN2O3/c9-2-1-8-4-5(3-7-8)6(10)11/h3-4,9-11H,1-2H2. The first kappa shape index (κ1) is 8.25. The Hall–Kier alpha value is -0.845. The molecule has 1 heterocycles. The first-order chi connectivity index (χ1) is 5.24. The van der Waals surface area contributed by atoms with Crippen LogP contribution in [0.3, 0.4) is 0 Å². The molecule has 5 nitrogen and oxygen atoms in total. The summed E-state index contributed by atoms with van der Waals surface area (Å²) < 4.78 is 1.44. The quantitative estimate of drug-likeness (QED) is 0.424. The number of nitrogens with zero attached hydrogens (tertiary/aromatic N) is 2. The molecule has 3 N–H and O–H groups in total. The van der Waals surface area contributed by atoms with Crippen LogP contribution in [0.1, 0.15) is 0 Å². The Morgan fingerprint density at radius 2 is 2.27 bits per heavy atom. The molecule has 60 valence electrons. The third kappa shape index (κ3) is 2.04. The lowest BCUT2D eigenvalue weighted by Gasteiger charge is -1.94. The van der Waals surface area contributed by atoms with E-state index in [9.17, 15) is 0 Å². The van der Waals surface area contributed by atoms with Crippen LogP contribution in [-0.4, -0.2) is 38.7 Å². The third-order valence-corrected chi connectivity index (χ3v) is 1.28. The van der Waals surface area contributed by atoms with E-state index in [-0.39, 0.29) is 6.61 Å². The van der Waals surface area contributed by atoms with Gasteiger partial charge in [0.15, 0.2) is 0 Å². The van der Waals surface area contributed by atoms with E-state index in [2.05, 4.69) is 5.10 Å². The molecule has 1 rings (SSSR count). The lowest BCUT2D eigenvalue weighted by atomic mass is 9.83. The van der Waals surface area contributed by atoms with Gasteiger partial charge in [0.1, 0.15) is 0 Å². The van der Waals surface area contributed by atoms with Crippen LogP contribution in [-0.2, 0) is 6.54 Å². The van der Waals surface area contributed by atoms with Crippen molar-refractivity contribution < 1.29 is 15.2 Å². The van der Waals surface area contributed by atoms with Crippen molar-refractivity contribution in [2.24, 2.45) is 0 Å². The maximum atomic E-state index is 8.64. The van der Waals surface area contributed by atoms with Crippen LogP contribution in [0.2, 0.25) is 0 Å². The van der Waals surface area contributed by atoms with Crippen LogP contribution in [0.25, 0.3) is 0 Å². The fraction of sp³-hybridized carbons (Fsp3) is 0.400. The van der Waals surface area contributed by atoms with E-state index in [1.807, 2.05) is 0 Å². The summed E-state index contributed by atoms with van der Waals surface area (Å²) in [6.45, 7) is 0.357. The summed E-state index contributed by atoms with van der Waals surface area (Å²) in [6.07, 6.45) is 2.82. The molecular weight excluding hydrogens is 147 g/mol. The number of aliphatic hydroxyl groups excluding tert-OH is 1. The average molecular weight is 156 g/mol. The second kappa shape index (κ2) is 3.52. The van der Waals surface area contributed by atoms with Crippen molar-refractivity contribution >= 4 is 12.6 Å². The highest BCUT2D eigenvalue weighted by Gasteiger charge is 2.12.